The predicted octanol–water partition coefficient (Wildman–Crippen LogP) is 5.67. The highest BCUT2D eigenvalue weighted by Gasteiger charge is 2.12. The third-order valence-corrected chi connectivity index (χ3v) is 5.15. The van der Waals surface area contributed by atoms with Gasteiger partial charge in [0.15, 0.2) is 5.11 Å². The van der Waals surface area contributed by atoms with Gasteiger partial charge < -0.3 is 16.0 Å². The third-order valence-electron chi connectivity index (χ3n) is 4.93. The van der Waals surface area contributed by atoms with Gasteiger partial charge in [0.1, 0.15) is 5.82 Å². The van der Waals surface area contributed by atoms with Gasteiger partial charge in [0.05, 0.1) is 22.8 Å². The topological polar surface area (TPSA) is 66.0 Å². The zero-order valence-corrected chi connectivity index (χ0v) is 18.1. The summed E-state index contributed by atoms with van der Waals surface area (Å²) in [7, 11) is 0. The molecule has 4 aromatic rings. The maximum atomic E-state index is 13.8. The molecule has 0 saturated heterocycles. The van der Waals surface area contributed by atoms with Gasteiger partial charge in [-0.1, -0.05) is 36.4 Å². The van der Waals surface area contributed by atoms with E-state index in [2.05, 4.69) is 20.9 Å². The van der Waals surface area contributed by atoms with Gasteiger partial charge in [0.25, 0.3) is 5.91 Å². The lowest BCUT2D eigenvalue weighted by Crippen LogP contribution is -2.31. The van der Waals surface area contributed by atoms with Crippen LogP contribution in [0.3, 0.4) is 0 Å². The molecule has 0 aliphatic rings. The minimum atomic E-state index is -0.560. The lowest BCUT2D eigenvalue weighted by Gasteiger charge is -2.17. The van der Waals surface area contributed by atoms with Crippen molar-refractivity contribution >= 4 is 45.5 Å². The number of aromatic nitrogens is 1. The minimum Gasteiger partial charge on any atom is -0.354 e. The first-order chi connectivity index (χ1) is 15.5. The van der Waals surface area contributed by atoms with Crippen LogP contribution < -0.4 is 16.0 Å². The molecule has 0 spiro atoms. The maximum Gasteiger partial charge on any atom is 0.258 e. The van der Waals surface area contributed by atoms with Crippen LogP contribution in [-0.4, -0.2) is 16.0 Å². The molecule has 160 valence electrons. The number of amides is 1. The van der Waals surface area contributed by atoms with E-state index in [4.69, 9.17) is 12.2 Å². The number of rotatable bonds is 5. The molecule has 3 aromatic carbocycles. The summed E-state index contributed by atoms with van der Waals surface area (Å²) >= 11 is 5.43. The molecule has 1 aromatic heterocycles. The number of pyridine rings is 1. The van der Waals surface area contributed by atoms with Crippen LogP contribution in [0.5, 0.6) is 0 Å². The second-order valence-electron chi connectivity index (χ2n) is 7.26. The normalized spacial score (nSPS) is 11.6. The van der Waals surface area contributed by atoms with E-state index in [1.54, 1.807) is 36.4 Å². The molecule has 1 atom stereocenters. The van der Waals surface area contributed by atoms with E-state index in [0.717, 1.165) is 22.3 Å². The Bertz CT molecular complexity index is 1280. The molecule has 1 unspecified atom stereocenters. The molecular formula is C25H21FN4OS. The highest BCUT2D eigenvalue weighted by Crippen LogP contribution is 2.18. The van der Waals surface area contributed by atoms with Gasteiger partial charge in [-0.2, -0.15) is 0 Å². The van der Waals surface area contributed by atoms with Crippen molar-refractivity contribution < 1.29 is 9.18 Å². The van der Waals surface area contributed by atoms with E-state index < -0.39 is 11.7 Å². The Labute approximate surface area is 190 Å². The Balaban J connectivity index is 1.35. The largest absolute Gasteiger partial charge is 0.354 e. The Kier molecular flexibility index (Phi) is 6.37. The number of benzene rings is 3. The van der Waals surface area contributed by atoms with E-state index in [-0.39, 0.29) is 11.6 Å². The Morgan fingerprint density at radius 2 is 1.53 bits per heavy atom. The molecule has 0 aliphatic carbocycles. The van der Waals surface area contributed by atoms with Gasteiger partial charge in [-0.05, 0) is 67.7 Å². The van der Waals surface area contributed by atoms with E-state index in [1.807, 2.05) is 43.3 Å². The first-order valence-electron chi connectivity index (χ1n) is 10.1. The quantitative estimate of drug-likeness (QED) is 0.346. The van der Waals surface area contributed by atoms with Crippen molar-refractivity contribution in [2.75, 3.05) is 10.6 Å². The van der Waals surface area contributed by atoms with Crippen LogP contribution in [0.15, 0.2) is 84.9 Å². The van der Waals surface area contributed by atoms with Crippen molar-refractivity contribution in [3.05, 3.63) is 102 Å². The number of nitrogens with zero attached hydrogens (tertiary/aromatic N) is 1. The number of nitrogens with one attached hydrogen (secondary N) is 3. The van der Waals surface area contributed by atoms with Gasteiger partial charge in [0, 0.05) is 16.8 Å². The Morgan fingerprint density at radius 1 is 0.875 bits per heavy atom. The zero-order valence-electron chi connectivity index (χ0n) is 17.3. The molecule has 1 amide bonds. The third kappa shape index (κ3) is 5.07. The van der Waals surface area contributed by atoms with Crippen molar-refractivity contribution in [3.8, 4) is 0 Å². The second kappa shape index (κ2) is 9.53. The minimum absolute atomic E-state index is 0.00336. The molecule has 5 nitrogen and oxygen atoms in total. The summed E-state index contributed by atoms with van der Waals surface area (Å²) in [5.41, 5.74) is 3.13. The number of thiocarbonyl (C=S) groups is 1. The van der Waals surface area contributed by atoms with E-state index in [1.165, 1.54) is 12.1 Å². The van der Waals surface area contributed by atoms with Crippen LogP contribution in [0, 0.1) is 5.82 Å². The average molecular weight is 445 g/mol. The summed E-state index contributed by atoms with van der Waals surface area (Å²) in [6.07, 6.45) is 0. The molecule has 3 N–H and O–H groups in total. The smallest absolute Gasteiger partial charge is 0.258 e. The molecule has 1 heterocycles. The van der Waals surface area contributed by atoms with Crippen molar-refractivity contribution in [3.63, 3.8) is 0 Å². The standard InChI is InChI=1S/C25H21FN4OS/c1-16(22-15-10-17-6-2-5-9-23(17)30-22)27-25(32)29-19-13-11-18(12-14-19)28-24(31)20-7-3-4-8-21(20)26/h2-16H,1H3,(H,28,31)(H2,27,29,32). The molecule has 0 bridgehead atoms. The lowest BCUT2D eigenvalue weighted by atomic mass is 10.1. The molecule has 32 heavy (non-hydrogen) atoms. The number of carbonyl (C=O) groups excluding carboxylic acids is 1. The number of hydrogen-bond donors (Lipinski definition) is 3. The molecule has 0 radical (unpaired) electrons. The Morgan fingerprint density at radius 3 is 2.28 bits per heavy atom. The van der Waals surface area contributed by atoms with Gasteiger partial charge >= 0.3 is 0 Å². The highest BCUT2D eigenvalue weighted by molar-refractivity contribution is 7.80. The van der Waals surface area contributed by atoms with E-state index in [9.17, 15) is 9.18 Å². The van der Waals surface area contributed by atoms with Crippen LogP contribution >= 0.6 is 12.2 Å². The summed E-state index contributed by atoms with van der Waals surface area (Å²) in [5, 5.41) is 10.6. The first kappa shape index (κ1) is 21.4. The number of fused-ring (bicyclic) bond motifs is 1. The van der Waals surface area contributed by atoms with Crippen LogP contribution in [0.1, 0.15) is 29.0 Å². The fourth-order valence-electron chi connectivity index (χ4n) is 3.24. The number of hydrogen-bond acceptors (Lipinski definition) is 3. The lowest BCUT2D eigenvalue weighted by molar-refractivity contribution is 0.102. The zero-order chi connectivity index (χ0) is 22.5. The number of anilines is 2. The maximum absolute atomic E-state index is 13.8. The molecule has 0 saturated carbocycles. The summed E-state index contributed by atoms with van der Waals surface area (Å²) < 4.78 is 13.8. The average Bonchev–Trinajstić information content (AvgIpc) is 2.80. The summed E-state index contributed by atoms with van der Waals surface area (Å²) in [4.78, 5) is 16.9. The van der Waals surface area contributed by atoms with Crippen molar-refractivity contribution in [2.24, 2.45) is 0 Å². The first-order valence-corrected chi connectivity index (χ1v) is 10.5. The summed E-state index contributed by atoms with van der Waals surface area (Å²) in [6.45, 7) is 1.99. The second-order valence-corrected chi connectivity index (χ2v) is 7.67. The van der Waals surface area contributed by atoms with E-state index >= 15 is 0 Å². The van der Waals surface area contributed by atoms with Crippen LogP contribution in [-0.2, 0) is 0 Å². The van der Waals surface area contributed by atoms with Crippen molar-refractivity contribution in [1.82, 2.24) is 10.3 Å². The highest BCUT2D eigenvalue weighted by atomic mass is 32.1. The van der Waals surface area contributed by atoms with Gasteiger partial charge in [0.2, 0.25) is 0 Å². The van der Waals surface area contributed by atoms with Gasteiger partial charge in [-0.3, -0.25) is 9.78 Å². The number of para-hydroxylation sites is 1. The van der Waals surface area contributed by atoms with Gasteiger partial charge in [-0.25, -0.2) is 4.39 Å². The number of carbonyl (C=O) groups is 1. The van der Waals surface area contributed by atoms with Crippen LogP contribution in [0.25, 0.3) is 10.9 Å². The molecular weight excluding hydrogens is 423 g/mol. The van der Waals surface area contributed by atoms with Crippen LogP contribution in [0.2, 0.25) is 0 Å². The predicted molar refractivity (Wildman–Crippen MR) is 130 cm³/mol. The number of halogens is 1. The van der Waals surface area contributed by atoms with Crippen molar-refractivity contribution in [1.29, 1.82) is 0 Å². The molecule has 7 heteroatoms. The van der Waals surface area contributed by atoms with Crippen LogP contribution in [0.4, 0.5) is 15.8 Å². The fourth-order valence-corrected chi connectivity index (χ4v) is 3.54. The molecule has 4 rings (SSSR count). The Hall–Kier alpha value is -3.84. The van der Waals surface area contributed by atoms with Crippen molar-refractivity contribution in [2.45, 2.75) is 13.0 Å². The molecule has 0 fully saturated rings. The monoisotopic (exact) mass is 444 g/mol. The van der Waals surface area contributed by atoms with E-state index in [0.29, 0.717) is 10.8 Å². The fraction of sp³-hybridized carbons (Fsp3) is 0.0800. The molecule has 0 aliphatic heterocycles. The summed E-state index contributed by atoms with van der Waals surface area (Å²) in [5.74, 6) is -1.06. The summed E-state index contributed by atoms with van der Waals surface area (Å²) in [6, 6.07) is 24.8. The van der Waals surface area contributed by atoms with Gasteiger partial charge in [-0.15, -0.1) is 0 Å². The SMILES string of the molecule is CC(NC(=S)Nc1ccc(NC(=O)c2ccccc2F)cc1)c1ccc2ccccc2n1.